The van der Waals surface area contributed by atoms with Crippen molar-refractivity contribution in [3.63, 3.8) is 0 Å². The molecule has 0 aliphatic rings. The molecule has 0 radical (unpaired) electrons. The lowest BCUT2D eigenvalue weighted by atomic mass is 10.4. The van der Waals surface area contributed by atoms with E-state index >= 15 is 0 Å². The highest BCUT2D eigenvalue weighted by molar-refractivity contribution is 8.32. The number of sulfonamides is 1. The summed E-state index contributed by atoms with van der Waals surface area (Å²) in [6, 6.07) is 7.38. The standard InChI is InChI=1S/C10H11NO6S3/c1-16-9(12)18-11(19-10(13)17-2)20(14,15)8-6-4-3-5-7-8/h3-7H,1-2H3. The van der Waals surface area contributed by atoms with E-state index in [1.165, 1.54) is 24.3 Å². The maximum Gasteiger partial charge on any atom is 0.384 e. The van der Waals surface area contributed by atoms with Gasteiger partial charge in [-0.25, -0.2) is 18.0 Å². The molecule has 110 valence electrons. The van der Waals surface area contributed by atoms with E-state index in [0.29, 0.717) is 3.12 Å². The molecule has 7 nitrogen and oxygen atoms in total. The van der Waals surface area contributed by atoms with E-state index in [0.717, 1.165) is 14.2 Å². The molecule has 10 heteroatoms. The number of methoxy groups -OCH3 is 2. The summed E-state index contributed by atoms with van der Waals surface area (Å²) in [6.45, 7) is 0. The number of carbonyl (C=O) groups is 2. The molecule has 0 aromatic heterocycles. The average Bonchev–Trinajstić information content (AvgIpc) is 2.46. The van der Waals surface area contributed by atoms with E-state index in [4.69, 9.17) is 0 Å². The number of carbonyl (C=O) groups excluding carboxylic acids is 2. The van der Waals surface area contributed by atoms with E-state index < -0.39 is 20.6 Å². The molecular formula is C10H11NO6S3. The minimum absolute atomic E-state index is 0.0622. The van der Waals surface area contributed by atoms with Crippen LogP contribution in [0.15, 0.2) is 35.2 Å². The highest BCUT2D eigenvalue weighted by atomic mass is 32.3. The normalized spacial score (nSPS) is 11.2. The Labute approximate surface area is 124 Å². The van der Waals surface area contributed by atoms with Gasteiger partial charge >= 0.3 is 10.6 Å². The summed E-state index contributed by atoms with van der Waals surface area (Å²) in [5, 5.41) is -1.75. The molecule has 0 saturated heterocycles. The zero-order chi connectivity index (χ0) is 15.2. The zero-order valence-electron chi connectivity index (χ0n) is 10.5. The van der Waals surface area contributed by atoms with E-state index in [2.05, 4.69) is 9.47 Å². The lowest BCUT2D eigenvalue weighted by molar-refractivity contribution is 0.200. The van der Waals surface area contributed by atoms with Crippen molar-refractivity contribution in [2.75, 3.05) is 14.2 Å². The average molecular weight is 337 g/mol. The van der Waals surface area contributed by atoms with Crippen molar-refractivity contribution in [1.82, 2.24) is 3.12 Å². The number of rotatable bonds is 4. The van der Waals surface area contributed by atoms with Gasteiger partial charge in [0.05, 0.1) is 43.0 Å². The van der Waals surface area contributed by atoms with Crippen molar-refractivity contribution in [1.29, 1.82) is 0 Å². The summed E-state index contributed by atoms with van der Waals surface area (Å²) in [6.07, 6.45) is 0. The third-order valence-electron chi connectivity index (χ3n) is 1.87. The summed E-state index contributed by atoms with van der Waals surface area (Å²) in [5.74, 6) is 0. The highest BCUT2D eigenvalue weighted by Crippen LogP contribution is 2.32. The number of ether oxygens (including phenoxy) is 2. The first kappa shape index (κ1) is 16.8. The molecule has 0 fully saturated rings. The monoisotopic (exact) mass is 337 g/mol. The molecule has 0 bridgehead atoms. The molecule has 1 aromatic carbocycles. The van der Waals surface area contributed by atoms with Crippen LogP contribution in [0.3, 0.4) is 0 Å². The Morgan fingerprint density at radius 3 is 1.85 bits per heavy atom. The van der Waals surface area contributed by atoms with Crippen LogP contribution in [0.1, 0.15) is 0 Å². The fourth-order valence-corrected chi connectivity index (χ4v) is 4.24. The topological polar surface area (TPSA) is 90.0 Å². The van der Waals surface area contributed by atoms with Crippen LogP contribution in [0.2, 0.25) is 0 Å². The molecule has 0 unspecified atom stereocenters. The van der Waals surface area contributed by atoms with Crippen LogP contribution in [-0.4, -0.2) is 36.4 Å². The van der Waals surface area contributed by atoms with E-state index in [1.54, 1.807) is 6.07 Å². The van der Waals surface area contributed by atoms with Crippen LogP contribution in [0.5, 0.6) is 0 Å². The first-order chi connectivity index (χ1) is 9.41. The predicted octanol–water partition coefficient (Wildman–Crippen LogP) is 2.51. The van der Waals surface area contributed by atoms with Crippen LogP contribution in [0, 0.1) is 0 Å². The minimum atomic E-state index is -4.05. The molecule has 0 heterocycles. The van der Waals surface area contributed by atoms with Crippen LogP contribution in [0.25, 0.3) is 0 Å². The predicted molar refractivity (Wildman–Crippen MR) is 75.5 cm³/mol. The van der Waals surface area contributed by atoms with Crippen molar-refractivity contribution < 1.29 is 27.5 Å². The van der Waals surface area contributed by atoms with Crippen LogP contribution in [-0.2, 0) is 19.5 Å². The van der Waals surface area contributed by atoms with E-state index in [9.17, 15) is 18.0 Å². The van der Waals surface area contributed by atoms with E-state index in [1.807, 2.05) is 0 Å². The quantitative estimate of drug-likeness (QED) is 0.611. The Morgan fingerprint density at radius 2 is 1.45 bits per heavy atom. The molecule has 0 saturated carbocycles. The molecule has 0 spiro atoms. The summed E-state index contributed by atoms with van der Waals surface area (Å²) >= 11 is 0.473. The van der Waals surface area contributed by atoms with Gasteiger partial charge in [-0.15, -0.1) is 0 Å². The van der Waals surface area contributed by atoms with Gasteiger partial charge in [-0.1, -0.05) is 21.3 Å². The molecule has 0 atom stereocenters. The molecule has 1 rings (SSSR count). The molecule has 1 aromatic rings. The largest absolute Gasteiger partial charge is 0.460 e. The van der Waals surface area contributed by atoms with Gasteiger partial charge in [-0.3, -0.25) is 0 Å². The summed E-state index contributed by atoms with van der Waals surface area (Å²) in [7, 11) is -1.85. The Kier molecular flexibility index (Phi) is 6.33. The smallest absolute Gasteiger partial charge is 0.384 e. The second kappa shape index (κ2) is 7.53. The third kappa shape index (κ3) is 4.40. The van der Waals surface area contributed by atoms with Gasteiger partial charge in [-0.2, -0.15) is 0 Å². The van der Waals surface area contributed by atoms with Gasteiger partial charge in [-0.05, 0) is 12.1 Å². The second-order valence-corrected chi connectivity index (χ2v) is 7.34. The highest BCUT2D eigenvalue weighted by Gasteiger charge is 2.32. The molecule has 0 aliphatic carbocycles. The Hall–Kier alpha value is -1.23. The first-order valence-electron chi connectivity index (χ1n) is 5.04. The first-order valence-corrected chi connectivity index (χ1v) is 8.02. The Bertz CT molecular complexity index is 556. The van der Waals surface area contributed by atoms with Crippen molar-refractivity contribution >= 4 is 44.5 Å². The third-order valence-corrected chi connectivity index (χ3v) is 6.13. The zero-order valence-corrected chi connectivity index (χ0v) is 13.0. The fourth-order valence-electron chi connectivity index (χ4n) is 0.992. The SMILES string of the molecule is COC(=O)SN(SC(=O)OC)S(=O)(=O)c1ccccc1. The van der Waals surface area contributed by atoms with Gasteiger partial charge in [0.1, 0.15) is 0 Å². The van der Waals surface area contributed by atoms with Crippen molar-refractivity contribution in [2.45, 2.75) is 4.90 Å². The summed E-state index contributed by atoms with van der Waals surface area (Å²) in [5.41, 5.74) is 0. The van der Waals surface area contributed by atoms with Crippen molar-refractivity contribution in [3.05, 3.63) is 30.3 Å². The van der Waals surface area contributed by atoms with Crippen LogP contribution >= 0.6 is 23.9 Å². The lowest BCUT2D eigenvalue weighted by Crippen LogP contribution is -2.22. The van der Waals surface area contributed by atoms with Gasteiger partial charge < -0.3 is 9.47 Å². The van der Waals surface area contributed by atoms with Crippen LogP contribution in [0.4, 0.5) is 9.59 Å². The van der Waals surface area contributed by atoms with E-state index in [-0.39, 0.29) is 28.8 Å². The Morgan fingerprint density at radius 1 is 1.00 bits per heavy atom. The van der Waals surface area contributed by atoms with Crippen molar-refractivity contribution in [2.24, 2.45) is 0 Å². The lowest BCUT2D eigenvalue weighted by Gasteiger charge is -2.16. The van der Waals surface area contributed by atoms with Gasteiger partial charge in [0.25, 0.3) is 10.0 Å². The summed E-state index contributed by atoms with van der Waals surface area (Å²) in [4.78, 5) is 22.4. The van der Waals surface area contributed by atoms with Gasteiger partial charge in [0.15, 0.2) is 0 Å². The molecule has 20 heavy (non-hydrogen) atoms. The molecule has 0 N–H and O–H groups in total. The maximum absolute atomic E-state index is 12.3. The minimum Gasteiger partial charge on any atom is -0.460 e. The molecule has 0 amide bonds. The second-order valence-electron chi connectivity index (χ2n) is 3.10. The number of hydrogen-bond donors (Lipinski definition) is 0. The number of hydrogen-bond acceptors (Lipinski definition) is 8. The number of benzene rings is 1. The maximum atomic E-state index is 12.3. The molecule has 0 aliphatic heterocycles. The number of nitrogens with zero attached hydrogens (tertiary/aromatic N) is 1. The van der Waals surface area contributed by atoms with Gasteiger partial charge in [0, 0.05) is 0 Å². The fraction of sp³-hybridized carbons (Fsp3) is 0.200. The molecular weight excluding hydrogens is 326 g/mol. The van der Waals surface area contributed by atoms with Crippen molar-refractivity contribution in [3.8, 4) is 0 Å². The van der Waals surface area contributed by atoms with Gasteiger partial charge in [0.2, 0.25) is 0 Å². The summed E-state index contributed by atoms with van der Waals surface area (Å²) < 4.78 is 33.9. The Balaban J connectivity index is 3.08. The van der Waals surface area contributed by atoms with Crippen LogP contribution < -0.4 is 0 Å².